The van der Waals surface area contributed by atoms with Crippen LogP contribution in [-0.4, -0.2) is 11.7 Å². The van der Waals surface area contributed by atoms with Gasteiger partial charge in [-0.05, 0) is 37.3 Å². The molecule has 3 nitrogen and oxygen atoms in total. The maximum Gasteiger partial charge on any atom is 0.412 e. The van der Waals surface area contributed by atoms with Crippen molar-refractivity contribution in [3.8, 4) is 0 Å². The van der Waals surface area contributed by atoms with Gasteiger partial charge in [0.1, 0.15) is 5.60 Å². The van der Waals surface area contributed by atoms with Crippen molar-refractivity contribution in [2.75, 3.05) is 5.32 Å². The number of carbonyl (C=O) groups is 1. The first-order valence-electron chi connectivity index (χ1n) is 6.83. The average Bonchev–Trinajstić information content (AvgIpc) is 2.31. The predicted molar refractivity (Wildman–Crippen MR) is 79.4 cm³/mol. The zero-order valence-corrected chi connectivity index (χ0v) is 12.8. The van der Waals surface area contributed by atoms with Crippen LogP contribution < -0.4 is 5.32 Å². The topological polar surface area (TPSA) is 38.3 Å². The van der Waals surface area contributed by atoms with Gasteiger partial charge in [-0.15, -0.1) is 0 Å². The molecule has 1 aromatic rings. The molecule has 1 N–H and O–H groups in total. The Morgan fingerprint density at radius 2 is 1.68 bits per heavy atom. The number of amides is 1. The molecule has 1 rings (SSSR count). The maximum atomic E-state index is 12.1. The monoisotopic (exact) mass is 263 g/mol. The van der Waals surface area contributed by atoms with E-state index < -0.39 is 5.60 Å². The van der Waals surface area contributed by atoms with Gasteiger partial charge in [0.25, 0.3) is 0 Å². The van der Waals surface area contributed by atoms with E-state index in [9.17, 15) is 4.79 Å². The van der Waals surface area contributed by atoms with Gasteiger partial charge in [0.15, 0.2) is 0 Å². The van der Waals surface area contributed by atoms with E-state index in [0.29, 0.717) is 0 Å². The van der Waals surface area contributed by atoms with E-state index in [1.54, 1.807) is 0 Å². The molecule has 0 unspecified atom stereocenters. The van der Waals surface area contributed by atoms with Crippen molar-refractivity contribution in [2.24, 2.45) is 11.8 Å². The Morgan fingerprint density at radius 3 is 2.16 bits per heavy atom. The summed E-state index contributed by atoms with van der Waals surface area (Å²) >= 11 is 0. The lowest BCUT2D eigenvalue weighted by Crippen LogP contribution is -2.43. The van der Waals surface area contributed by atoms with Crippen molar-refractivity contribution < 1.29 is 9.53 Å². The Balaban J connectivity index is 2.77. The Labute approximate surface area is 116 Å². The Morgan fingerprint density at radius 1 is 1.16 bits per heavy atom. The lowest BCUT2D eigenvalue weighted by molar-refractivity contribution is -0.0380. The molecule has 1 amide bonds. The van der Waals surface area contributed by atoms with Crippen LogP contribution >= 0.6 is 0 Å². The highest BCUT2D eigenvalue weighted by molar-refractivity contribution is 5.85. The summed E-state index contributed by atoms with van der Waals surface area (Å²) in [6, 6.07) is 7.67. The summed E-state index contributed by atoms with van der Waals surface area (Å²) in [5, 5.41) is 2.81. The number of anilines is 1. The van der Waals surface area contributed by atoms with E-state index in [1.165, 1.54) is 0 Å². The van der Waals surface area contributed by atoms with Gasteiger partial charge in [-0.3, -0.25) is 5.32 Å². The number of hydrogen-bond acceptors (Lipinski definition) is 2. The number of hydrogen-bond donors (Lipinski definition) is 1. The minimum atomic E-state index is -0.466. The van der Waals surface area contributed by atoms with Crippen molar-refractivity contribution in [1.29, 1.82) is 0 Å². The van der Waals surface area contributed by atoms with Crippen LogP contribution in [0.15, 0.2) is 24.3 Å². The fraction of sp³-hybridized carbons (Fsp3) is 0.562. The smallest absolute Gasteiger partial charge is 0.412 e. The van der Waals surface area contributed by atoms with Crippen molar-refractivity contribution in [2.45, 2.75) is 47.1 Å². The maximum absolute atomic E-state index is 12.1. The molecular formula is C16H25NO2. The first-order valence-corrected chi connectivity index (χ1v) is 6.83. The van der Waals surface area contributed by atoms with E-state index in [-0.39, 0.29) is 17.9 Å². The van der Waals surface area contributed by atoms with Gasteiger partial charge in [-0.25, -0.2) is 4.79 Å². The van der Waals surface area contributed by atoms with E-state index in [0.717, 1.165) is 11.3 Å². The molecule has 0 atom stereocenters. The average molecular weight is 263 g/mol. The first kappa shape index (κ1) is 15.5. The van der Waals surface area contributed by atoms with Gasteiger partial charge in [-0.1, -0.05) is 45.9 Å². The van der Waals surface area contributed by atoms with Crippen LogP contribution in [-0.2, 0) is 4.74 Å². The van der Waals surface area contributed by atoms with Gasteiger partial charge in [0.2, 0.25) is 0 Å². The molecule has 0 fully saturated rings. The third-order valence-electron chi connectivity index (χ3n) is 3.99. The molecule has 0 spiro atoms. The Bertz CT molecular complexity index is 430. The van der Waals surface area contributed by atoms with Gasteiger partial charge in [0.05, 0.1) is 0 Å². The molecule has 0 radical (unpaired) electrons. The number of aryl methyl sites for hydroxylation is 1. The van der Waals surface area contributed by atoms with Crippen LogP contribution in [0.3, 0.4) is 0 Å². The van der Waals surface area contributed by atoms with Crippen molar-refractivity contribution in [1.82, 2.24) is 0 Å². The quantitative estimate of drug-likeness (QED) is 0.861. The van der Waals surface area contributed by atoms with E-state index in [4.69, 9.17) is 4.74 Å². The summed E-state index contributed by atoms with van der Waals surface area (Å²) in [6.07, 6.45) is -0.390. The SMILES string of the molecule is Cc1ccccc1NC(=O)OC(C)(C(C)C)C(C)C. The molecule has 1 aromatic carbocycles. The van der Waals surface area contributed by atoms with Crippen LogP contribution in [0, 0.1) is 18.8 Å². The first-order chi connectivity index (χ1) is 8.77. The molecule has 0 aliphatic heterocycles. The number of para-hydroxylation sites is 1. The van der Waals surface area contributed by atoms with E-state index >= 15 is 0 Å². The second-order valence-electron chi connectivity index (χ2n) is 5.82. The molecule has 0 aromatic heterocycles. The number of benzene rings is 1. The summed E-state index contributed by atoms with van der Waals surface area (Å²) in [5.41, 5.74) is 1.35. The highest BCUT2D eigenvalue weighted by Crippen LogP contribution is 2.30. The van der Waals surface area contributed by atoms with Crippen LogP contribution in [0.4, 0.5) is 10.5 Å². The standard InChI is InChI=1S/C16H25NO2/c1-11(2)16(6,12(3)4)19-15(18)17-14-10-8-7-9-13(14)5/h7-12H,1-6H3,(H,17,18). The third-order valence-corrected chi connectivity index (χ3v) is 3.99. The summed E-state index contributed by atoms with van der Waals surface area (Å²) in [5.74, 6) is 0.519. The fourth-order valence-electron chi connectivity index (χ4n) is 1.95. The molecule has 0 saturated carbocycles. The van der Waals surface area contributed by atoms with E-state index in [2.05, 4.69) is 33.0 Å². The van der Waals surface area contributed by atoms with Gasteiger partial charge < -0.3 is 4.74 Å². The minimum Gasteiger partial charge on any atom is -0.442 e. The number of ether oxygens (including phenoxy) is 1. The minimum absolute atomic E-state index is 0.259. The molecule has 106 valence electrons. The summed E-state index contributed by atoms with van der Waals surface area (Å²) in [6.45, 7) is 12.2. The molecule has 0 saturated heterocycles. The van der Waals surface area contributed by atoms with Crippen LogP contribution in [0.25, 0.3) is 0 Å². The molecular weight excluding hydrogens is 238 g/mol. The van der Waals surface area contributed by atoms with Crippen molar-refractivity contribution >= 4 is 11.8 Å². The summed E-state index contributed by atoms with van der Waals surface area (Å²) < 4.78 is 5.67. The van der Waals surface area contributed by atoms with E-state index in [1.807, 2.05) is 38.1 Å². The molecule has 0 heterocycles. The highest BCUT2D eigenvalue weighted by atomic mass is 16.6. The van der Waals surface area contributed by atoms with Crippen molar-refractivity contribution in [3.05, 3.63) is 29.8 Å². The molecule has 0 aliphatic carbocycles. The Hall–Kier alpha value is -1.51. The molecule has 3 heteroatoms. The normalized spacial score (nSPS) is 11.8. The summed E-state index contributed by atoms with van der Waals surface area (Å²) in [4.78, 5) is 12.1. The third kappa shape index (κ3) is 3.72. The summed E-state index contributed by atoms with van der Waals surface area (Å²) in [7, 11) is 0. The van der Waals surface area contributed by atoms with Gasteiger partial charge in [0, 0.05) is 5.69 Å². The Kier molecular flexibility index (Phi) is 4.98. The van der Waals surface area contributed by atoms with Gasteiger partial charge in [-0.2, -0.15) is 0 Å². The predicted octanol–water partition coefficient (Wildman–Crippen LogP) is 4.61. The molecule has 0 bridgehead atoms. The molecule has 0 aliphatic rings. The second kappa shape index (κ2) is 6.09. The van der Waals surface area contributed by atoms with Crippen LogP contribution in [0.1, 0.15) is 40.2 Å². The second-order valence-corrected chi connectivity index (χ2v) is 5.82. The number of rotatable bonds is 4. The lowest BCUT2D eigenvalue weighted by Gasteiger charge is -2.37. The van der Waals surface area contributed by atoms with Crippen LogP contribution in [0.5, 0.6) is 0 Å². The number of nitrogens with one attached hydrogen (secondary N) is 1. The largest absolute Gasteiger partial charge is 0.442 e. The van der Waals surface area contributed by atoms with Crippen molar-refractivity contribution in [3.63, 3.8) is 0 Å². The molecule has 19 heavy (non-hydrogen) atoms. The fourth-order valence-corrected chi connectivity index (χ4v) is 1.95. The highest BCUT2D eigenvalue weighted by Gasteiger charge is 2.36. The van der Waals surface area contributed by atoms with Gasteiger partial charge >= 0.3 is 6.09 Å². The number of carbonyl (C=O) groups excluding carboxylic acids is 1. The lowest BCUT2D eigenvalue weighted by atomic mass is 9.82. The zero-order valence-electron chi connectivity index (χ0n) is 12.8. The van der Waals surface area contributed by atoms with Crippen LogP contribution in [0.2, 0.25) is 0 Å². The zero-order chi connectivity index (χ0) is 14.6.